The minimum absolute atomic E-state index is 0.140. The van der Waals surface area contributed by atoms with Crippen LogP contribution in [0.3, 0.4) is 0 Å². The number of phenolic OH excluding ortho intramolecular Hbond substituents is 1. The molecule has 0 radical (unpaired) electrons. The van der Waals surface area contributed by atoms with Crippen LogP contribution in [0.1, 0.15) is 16.7 Å². The average molecular weight is 347 g/mol. The lowest BCUT2D eigenvalue weighted by molar-refractivity contribution is -0.120. The molecule has 0 fully saturated rings. The molecule has 0 aromatic heterocycles. The van der Waals surface area contributed by atoms with Gasteiger partial charge in [0.2, 0.25) is 5.91 Å². The third-order valence-electron chi connectivity index (χ3n) is 2.86. The van der Waals surface area contributed by atoms with E-state index in [4.69, 9.17) is 0 Å². The summed E-state index contributed by atoms with van der Waals surface area (Å²) in [5, 5.41) is 13.6. The van der Waals surface area contributed by atoms with Crippen LogP contribution < -0.4 is 5.43 Å². The van der Waals surface area contributed by atoms with Gasteiger partial charge in [0.05, 0.1) is 12.6 Å². The molecule has 0 aliphatic heterocycles. The number of amides is 1. The van der Waals surface area contributed by atoms with E-state index in [2.05, 4.69) is 26.5 Å². The Morgan fingerprint density at radius 1 is 1.29 bits per heavy atom. The minimum atomic E-state index is -0.208. The zero-order chi connectivity index (χ0) is 15.2. The first-order chi connectivity index (χ1) is 10.0. The van der Waals surface area contributed by atoms with E-state index in [1.165, 1.54) is 6.21 Å². The number of hydrogen-bond donors (Lipinski definition) is 2. The van der Waals surface area contributed by atoms with Crippen LogP contribution in [0.15, 0.2) is 52.0 Å². The van der Waals surface area contributed by atoms with Crippen molar-refractivity contribution in [3.63, 3.8) is 0 Å². The summed E-state index contributed by atoms with van der Waals surface area (Å²) in [6, 6.07) is 12.8. The lowest BCUT2D eigenvalue weighted by atomic mass is 10.1. The lowest BCUT2D eigenvalue weighted by Gasteiger charge is -2.02. The number of phenols is 1. The Kier molecular flexibility index (Phi) is 5.11. The molecule has 0 saturated carbocycles. The van der Waals surface area contributed by atoms with Crippen LogP contribution in [0.5, 0.6) is 5.75 Å². The average Bonchev–Trinajstić information content (AvgIpc) is 2.44. The summed E-state index contributed by atoms with van der Waals surface area (Å²) in [6.07, 6.45) is 1.68. The SMILES string of the molecule is Cc1ccc(/C=N/NC(=O)Cc2ccc(Br)cc2)c(O)c1. The Morgan fingerprint density at radius 3 is 2.67 bits per heavy atom. The lowest BCUT2D eigenvalue weighted by Crippen LogP contribution is -2.19. The van der Waals surface area contributed by atoms with Gasteiger partial charge >= 0.3 is 0 Å². The molecule has 0 unspecified atom stereocenters. The van der Waals surface area contributed by atoms with Crippen molar-refractivity contribution in [2.45, 2.75) is 13.3 Å². The van der Waals surface area contributed by atoms with Crippen molar-refractivity contribution in [2.24, 2.45) is 5.10 Å². The highest BCUT2D eigenvalue weighted by atomic mass is 79.9. The zero-order valence-electron chi connectivity index (χ0n) is 11.5. The summed E-state index contributed by atoms with van der Waals surface area (Å²) in [5.41, 5.74) is 4.87. The van der Waals surface area contributed by atoms with Crippen molar-refractivity contribution in [3.05, 3.63) is 63.6 Å². The van der Waals surface area contributed by atoms with Gasteiger partial charge in [-0.2, -0.15) is 5.10 Å². The molecule has 0 saturated heterocycles. The highest BCUT2D eigenvalue weighted by Crippen LogP contribution is 2.16. The van der Waals surface area contributed by atoms with Gasteiger partial charge in [-0.25, -0.2) is 5.43 Å². The highest BCUT2D eigenvalue weighted by molar-refractivity contribution is 9.10. The van der Waals surface area contributed by atoms with Crippen LogP contribution in [-0.4, -0.2) is 17.2 Å². The molecule has 21 heavy (non-hydrogen) atoms. The predicted octanol–water partition coefficient (Wildman–Crippen LogP) is 3.16. The Labute approximate surface area is 131 Å². The monoisotopic (exact) mass is 346 g/mol. The number of hydrogen-bond acceptors (Lipinski definition) is 3. The van der Waals surface area contributed by atoms with E-state index in [1.54, 1.807) is 12.1 Å². The summed E-state index contributed by atoms with van der Waals surface area (Å²) in [5.74, 6) is -0.0684. The van der Waals surface area contributed by atoms with E-state index in [0.717, 1.165) is 15.6 Å². The van der Waals surface area contributed by atoms with E-state index in [1.807, 2.05) is 37.3 Å². The highest BCUT2D eigenvalue weighted by Gasteiger charge is 2.02. The maximum absolute atomic E-state index is 11.7. The Balaban J connectivity index is 1.91. The molecule has 0 atom stereocenters. The third-order valence-corrected chi connectivity index (χ3v) is 3.39. The Morgan fingerprint density at radius 2 is 2.00 bits per heavy atom. The van der Waals surface area contributed by atoms with Crippen LogP contribution in [0.2, 0.25) is 0 Å². The molecule has 0 aliphatic carbocycles. The molecule has 2 rings (SSSR count). The fourth-order valence-electron chi connectivity index (χ4n) is 1.76. The number of aryl methyl sites for hydroxylation is 1. The molecule has 0 aliphatic rings. The fraction of sp³-hybridized carbons (Fsp3) is 0.125. The van der Waals surface area contributed by atoms with Gasteiger partial charge < -0.3 is 5.11 Å². The van der Waals surface area contributed by atoms with Crippen LogP contribution in [0.25, 0.3) is 0 Å². The van der Waals surface area contributed by atoms with Gasteiger partial charge in [0.25, 0.3) is 0 Å². The number of rotatable bonds is 4. The largest absolute Gasteiger partial charge is 0.507 e. The number of benzene rings is 2. The van der Waals surface area contributed by atoms with Crippen molar-refractivity contribution in [1.29, 1.82) is 0 Å². The van der Waals surface area contributed by atoms with E-state index in [-0.39, 0.29) is 18.1 Å². The zero-order valence-corrected chi connectivity index (χ0v) is 13.1. The molecule has 0 bridgehead atoms. The molecule has 108 valence electrons. The maximum Gasteiger partial charge on any atom is 0.244 e. The van der Waals surface area contributed by atoms with Gasteiger partial charge in [-0.3, -0.25) is 4.79 Å². The van der Waals surface area contributed by atoms with Gasteiger partial charge in [-0.15, -0.1) is 0 Å². The van der Waals surface area contributed by atoms with Crippen molar-refractivity contribution in [2.75, 3.05) is 0 Å². The number of nitrogens with zero attached hydrogens (tertiary/aromatic N) is 1. The van der Waals surface area contributed by atoms with Crippen LogP contribution in [0, 0.1) is 6.92 Å². The van der Waals surface area contributed by atoms with Gasteiger partial charge in [0.1, 0.15) is 5.75 Å². The number of nitrogens with one attached hydrogen (secondary N) is 1. The quantitative estimate of drug-likeness (QED) is 0.659. The van der Waals surface area contributed by atoms with E-state index in [0.29, 0.717) is 5.56 Å². The van der Waals surface area contributed by atoms with Crippen molar-refractivity contribution in [1.82, 2.24) is 5.43 Å². The van der Waals surface area contributed by atoms with Crippen molar-refractivity contribution >= 4 is 28.1 Å². The van der Waals surface area contributed by atoms with Gasteiger partial charge in [0, 0.05) is 10.0 Å². The van der Waals surface area contributed by atoms with Gasteiger partial charge in [-0.1, -0.05) is 34.1 Å². The molecule has 4 nitrogen and oxygen atoms in total. The van der Waals surface area contributed by atoms with Crippen LogP contribution >= 0.6 is 15.9 Å². The van der Waals surface area contributed by atoms with Crippen LogP contribution in [-0.2, 0) is 11.2 Å². The summed E-state index contributed by atoms with van der Waals surface area (Å²) < 4.78 is 0.972. The topological polar surface area (TPSA) is 61.7 Å². The van der Waals surface area contributed by atoms with E-state index < -0.39 is 0 Å². The van der Waals surface area contributed by atoms with Crippen LogP contribution in [0.4, 0.5) is 0 Å². The molecule has 2 aromatic carbocycles. The second-order valence-corrected chi connectivity index (χ2v) is 5.57. The third kappa shape index (κ3) is 4.72. The summed E-state index contributed by atoms with van der Waals surface area (Å²) in [7, 11) is 0. The molecule has 2 N–H and O–H groups in total. The second-order valence-electron chi connectivity index (χ2n) is 4.66. The Hall–Kier alpha value is -2.14. The van der Waals surface area contributed by atoms with E-state index >= 15 is 0 Å². The molecular formula is C16H15BrN2O2. The fourth-order valence-corrected chi connectivity index (χ4v) is 2.03. The summed E-state index contributed by atoms with van der Waals surface area (Å²) in [6.45, 7) is 1.89. The summed E-state index contributed by atoms with van der Waals surface area (Å²) in [4.78, 5) is 11.7. The number of aromatic hydroxyl groups is 1. The van der Waals surface area contributed by atoms with Crippen molar-refractivity contribution < 1.29 is 9.90 Å². The summed E-state index contributed by atoms with van der Waals surface area (Å²) >= 11 is 3.34. The van der Waals surface area contributed by atoms with E-state index in [9.17, 15) is 9.90 Å². The molecule has 2 aromatic rings. The second kappa shape index (κ2) is 7.04. The molecule has 1 amide bonds. The molecule has 0 spiro atoms. The smallest absolute Gasteiger partial charge is 0.244 e. The number of halogens is 1. The minimum Gasteiger partial charge on any atom is -0.507 e. The van der Waals surface area contributed by atoms with Crippen molar-refractivity contribution in [3.8, 4) is 5.75 Å². The maximum atomic E-state index is 11.7. The predicted molar refractivity (Wildman–Crippen MR) is 86.4 cm³/mol. The first kappa shape index (κ1) is 15.3. The first-order valence-electron chi connectivity index (χ1n) is 6.40. The first-order valence-corrected chi connectivity index (χ1v) is 7.20. The molecule has 0 heterocycles. The number of carbonyl (C=O) groups excluding carboxylic acids is 1. The Bertz CT molecular complexity index is 666. The molecular weight excluding hydrogens is 332 g/mol. The van der Waals surface area contributed by atoms with Gasteiger partial charge in [0.15, 0.2) is 0 Å². The molecule has 5 heteroatoms. The number of hydrazone groups is 1. The van der Waals surface area contributed by atoms with Gasteiger partial charge in [-0.05, 0) is 42.3 Å². The number of carbonyl (C=O) groups is 1. The standard InChI is InChI=1S/C16H15BrN2O2/c1-11-2-5-13(15(20)8-11)10-18-19-16(21)9-12-3-6-14(17)7-4-12/h2-8,10,20H,9H2,1H3,(H,19,21)/b18-10+. The normalized spacial score (nSPS) is 10.8.